The number of aromatic nitrogens is 2. The Labute approximate surface area is 138 Å². The summed E-state index contributed by atoms with van der Waals surface area (Å²) in [5, 5.41) is 21.4. The second-order valence-electron chi connectivity index (χ2n) is 5.25. The van der Waals surface area contributed by atoms with E-state index < -0.39 is 5.97 Å². The normalized spacial score (nSPS) is 10.2. The second-order valence-corrected chi connectivity index (χ2v) is 5.25. The summed E-state index contributed by atoms with van der Waals surface area (Å²) in [7, 11) is 1.34. The number of aryl methyl sites for hydroxylation is 1. The first-order valence-corrected chi connectivity index (χ1v) is 7.25. The number of rotatable bonds is 3. The number of nitrogens with zero attached hydrogens (tertiary/aromatic N) is 3. The summed E-state index contributed by atoms with van der Waals surface area (Å²) in [6.45, 7) is 1.97. The van der Waals surface area contributed by atoms with Crippen LogP contribution in [0.3, 0.4) is 0 Å². The Morgan fingerprint density at radius 3 is 2.58 bits per heavy atom. The maximum atomic E-state index is 11.5. The number of esters is 1. The third-order valence-corrected chi connectivity index (χ3v) is 3.60. The minimum absolute atomic E-state index is 0.213. The van der Waals surface area contributed by atoms with Gasteiger partial charge in [0.25, 0.3) is 0 Å². The summed E-state index contributed by atoms with van der Waals surface area (Å²) in [6, 6.07) is 14.6. The zero-order valence-corrected chi connectivity index (χ0v) is 13.2. The molecule has 0 atom stereocenters. The number of carbonyl (C=O) groups excluding carboxylic acids is 1. The molecule has 0 amide bonds. The summed E-state index contributed by atoms with van der Waals surface area (Å²) in [4.78, 5) is 11.5. The number of hydrogen-bond acceptors (Lipinski definition) is 6. The van der Waals surface area contributed by atoms with E-state index in [1.54, 1.807) is 24.3 Å². The monoisotopic (exact) mass is 318 g/mol. The van der Waals surface area contributed by atoms with Gasteiger partial charge in [-0.1, -0.05) is 11.6 Å². The summed E-state index contributed by atoms with van der Waals surface area (Å²) in [6.07, 6.45) is 0. The molecule has 0 saturated heterocycles. The lowest BCUT2D eigenvalue weighted by Crippen LogP contribution is -2.02. The van der Waals surface area contributed by atoms with Crippen molar-refractivity contribution in [3.8, 4) is 6.07 Å². The first-order chi connectivity index (χ1) is 11.6. The number of anilines is 2. The van der Waals surface area contributed by atoms with Gasteiger partial charge in [-0.2, -0.15) is 5.26 Å². The molecule has 0 fully saturated rings. The minimum Gasteiger partial charge on any atom is -0.465 e. The van der Waals surface area contributed by atoms with Crippen LogP contribution in [0.15, 0.2) is 42.5 Å². The lowest BCUT2D eigenvalue weighted by Gasteiger charge is -2.11. The van der Waals surface area contributed by atoms with E-state index in [0.29, 0.717) is 16.8 Å². The van der Waals surface area contributed by atoms with Crippen molar-refractivity contribution in [2.24, 2.45) is 0 Å². The quantitative estimate of drug-likeness (QED) is 0.745. The van der Waals surface area contributed by atoms with Crippen molar-refractivity contribution in [3.05, 3.63) is 59.3 Å². The van der Waals surface area contributed by atoms with Gasteiger partial charge in [-0.25, -0.2) is 4.79 Å². The van der Waals surface area contributed by atoms with Crippen LogP contribution in [0, 0.1) is 18.3 Å². The van der Waals surface area contributed by atoms with E-state index in [-0.39, 0.29) is 5.69 Å². The molecule has 0 unspecified atom stereocenters. The Morgan fingerprint density at radius 1 is 1.17 bits per heavy atom. The SMILES string of the molecule is COC(=O)c1ccc(Nc2c(C#N)nnc3ccc(C)cc23)cc1. The number of fused-ring (bicyclic) bond motifs is 1. The number of hydrogen-bond donors (Lipinski definition) is 1. The molecule has 3 rings (SSSR count). The first-order valence-electron chi connectivity index (χ1n) is 7.25. The van der Waals surface area contributed by atoms with Crippen LogP contribution in [-0.4, -0.2) is 23.3 Å². The molecule has 1 heterocycles. The molecule has 118 valence electrons. The Kier molecular flexibility index (Phi) is 4.08. The highest BCUT2D eigenvalue weighted by Gasteiger charge is 2.12. The molecule has 2 aromatic carbocycles. The van der Waals surface area contributed by atoms with Gasteiger partial charge >= 0.3 is 5.97 Å². The van der Waals surface area contributed by atoms with Crippen molar-refractivity contribution in [2.45, 2.75) is 6.92 Å². The third-order valence-electron chi connectivity index (χ3n) is 3.60. The van der Waals surface area contributed by atoms with Crippen LogP contribution in [-0.2, 0) is 4.74 Å². The van der Waals surface area contributed by atoms with E-state index in [9.17, 15) is 10.1 Å². The van der Waals surface area contributed by atoms with Gasteiger partial charge in [0.05, 0.1) is 23.9 Å². The molecule has 1 N–H and O–H groups in total. The predicted molar refractivity (Wildman–Crippen MR) is 90.1 cm³/mol. The lowest BCUT2D eigenvalue weighted by molar-refractivity contribution is 0.0601. The van der Waals surface area contributed by atoms with Gasteiger partial charge in [0.2, 0.25) is 0 Å². The minimum atomic E-state index is -0.397. The topological polar surface area (TPSA) is 87.9 Å². The maximum absolute atomic E-state index is 11.5. The molecule has 3 aromatic rings. The fourth-order valence-electron chi connectivity index (χ4n) is 2.38. The predicted octanol–water partition coefficient (Wildman–Crippen LogP) is 3.34. The van der Waals surface area contributed by atoms with Gasteiger partial charge in [0, 0.05) is 11.1 Å². The van der Waals surface area contributed by atoms with E-state index in [0.717, 1.165) is 16.6 Å². The first kappa shape index (κ1) is 15.4. The fourth-order valence-corrected chi connectivity index (χ4v) is 2.38. The fraction of sp³-hybridized carbons (Fsp3) is 0.111. The second kappa shape index (κ2) is 6.34. The summed E-state index contributed by atoms with van der Waals surface area (Å²) in [5.74, 6) is -0.397. The average molecular weight is 318 g/mol. The highest BCUT2D eigenvalue weighted by atomic mass is 16.5. The van der Waals surface area contributed by atoms with Crippen molar-refractivity contribution >= 4 is 28.2 Å². The van der Waals surface area contributed by atoms with E-state index in [2.05, 4.69) is 26.3 Å². The van der Waals surface area contributed by atoms with Crippen LogP contribution in [0.5, 0.6) is 0 Å². The molecule has 0 aliphatic carbocycles. The van der Waals surface area contributed by atoms with Crippen molar-refractivity contribution < 1.29 is 9.53 Å². The van der Waals surface area contributed by atoms with E-state index in [1.165, 1.54) is 7.11 Å². The number of nitrogens with one attached hydrogen (secondary N) is 1. The molecule has 6 heteroatoms. The van der Waals surface area contributed by atoms with Gasteiger partial charge in [0.15, 0.2) is 5.69 Å². The van der Waals surface area contributed by atoms with Gasteiger partial charge in [-0.3, -0.25) is 0 Å². The van der Waals surface area contributed by atoms with Crippen LogP contribution in [0.1, 0.15) is 21.6 Å². The molecule has 0 bridgehead atoms. The molecule has 0 spiro atoms. The Morgan fingerprint density at radius 2 is 1.92 bits per heavy atom. The van der Waals surface area contributed by atoms with Crippen molar-refractivity contribution in [2.75, 3.05) is 12.4 Å². The smallest absolute Gasteiger partial charge is 0.337 e. The Hall–Kier alpha value is -3.46. The van der Waals surface area contributed by atoms with Crippen LogP contribution < -0.4 is 5.32 Å². The maximum Gasteiger partial charge on any atom is 0.337 e. The number of nitriles is 1. The van der Waals surface area contributed by atoms with Crippen LogP contribution in [0.25, 0.3) is 10.9 Å². The van der Waals surface area contributed by atoms with Crippen molar-refractivity contribution in [1.29, 1.82) is 5.26 Å². The summed E-state index contributed by atoms with van der Waals surface area (Å²) in [5.41, 5.74) is 3.76. The summed E-state index contributed by atoms with van der Waals surface area (Å²) >= 11 is 0. The van der Waals surface area contributed by atoms with Crippen LogP contribution >= 0.6 is 0 Å². The molecule has 0 aliphatic rings. The highest BCUT2D eigenvalue weighted by molar-refractivity contribution is 5.95. The standard InChI is InChI=1S/C18H14N4O2/c1-11-3-8-15-14(9-11)17(16(10-19)22-21-15)20-13-6-4-12(5-7-13)18(23)24-2/h3-9H,1-2H3,(H,20,21). The molecular formula is C18H14N4O2. The third kappa shape index (κ3) is 2.88. The molecule has 24 heavy (non-hydrogen) atoms. The zero-order chi connectivity index (χ0) is 17.1. The average Bonchev–Trinajstić information content (AvgIpc) is 2.62. The molecule has 0 saturated carbocycles. The van der Waals surface area contributed by atoms with Crippen molar-refractivity contribution in [3.63, 3.8) is 0 Å². The molecular weight excluding hydrogens is 304 g/mol. The van der Waals surface area contributed by atoms with Gasteiger partial charge in [0.1, 0.15) is 6.07 Å². The molecule has 6 nitrogen and oxygen atoms in total. The number of ether oxygens (including phenoxy) is 1. The lowest BCUT2D eigenvalue weighted by atomic mass is 10.1. The Bertz CT molecular complexity index is 959. The number of benzene rings is 2. The van der Waals surface area contributed by atoms with E-state index >= 15 is 0 Å². The largest absolute Gasteiger partial charge is 0.465 e. The van der Waals surface area contributed by atoms with Gasteiger partial charge < -0.3 is 10.1 Å². The Balaban J connectivity index is 2.04. The van der Waals surface area contributed by atoms with E-state index in [4.69, 9.17) is 0 Å². The van der Waals surface area contributed by atoms with Gasteiger partial charge in [-0.05, 0) is 43.3 Å². The molecule has 0 radical (unpaired) electrons. The van der Waals surface area contributed by atoms with Crippen LogP contribution in [0.2, 0.25) is 0 Å². The number of methoxy groups -OCH3 is 1. The molecule has 1 aromatic heterocycles. The van der Waals surface area contributed by atoms with Crippen LogP contribution in [0.4, 0.5) is 11.4 Å². The van der Waals surface area contributed by atoms with E-state index in [1.807, 2.05) is 25.1 Å². The highest BCUT2D eigenvalue weighted by Crippen LogP contribution is 2.28. The van der Waals surface area contributed by atoms with Gasteiger partial charge in [-0.15, -0.1) is 10.2 Å². The molecule has 0 aliphatic heterocycles. The van der Waals surface area contributed by atoms with Crippen molar-refractivity contribution in [1.82, 2.24) is 10.2 Å². The summed E-state index contributed by atoms with van der Waals surface area (Å²) < 4.78 is 4.68. The number of carbonyl (C=O) groups is 1. The zero-order valence-electron chi connectivity index (χ0n) is 13.2.